The number of sulfone groups is 1. The van der Waals surface area contributed by atoms with E-state index in [4.69, 9.17) is 0 Å². The molecule has 0 saturated carbocycles. The summed E-state index contributed by atoms with van der Waals surface area (Å²) >= 11 is 3.24. The van der Waals surface area contributed by atoms with Gasteiger partial charge < -0.3 is 0 Å². The van der Waals surface area contributed by atoms with E-state index in [1.165, 1.54) is 24.4 Å². The highest BCUT2D eigenvalue weighted by molar-refractivity contribution is 9.10. The van der Waals surface area contributed by atoms with Crippen LogP contribution >= 0.6 is 15.9 Å². The minimum Gasteiger partial charge on any atom is -0.284 e. The summed E-state index contributed by atoms with van der Waals surface area (Å²) < 4.78 is 24.7. The minimum absolute atomic E-state index is 0.0322. The van der Waals surface area contributed by atoms with Gasteiger partial charge in [0.25, 0.3) is 0 Å². The maximum atomic E-state index is 11.9. The van der Waals surface area contributed by atoms with Crippen LogP contribution in [0.5, 0.6) is 0 Å². The highest BCUT2D eigenvalue weighted by Crippen LogP contribution is 2.20. The summed E-state index contributed by atoms with van der Waals surface area (Å²) in [6.07, 6.45) is 1.48. The van der Waals surface area contributed by atoms with Gasteiger partial charge in [-0.25, -0.2) is 8.42 Å². The van der Waals surface area contributed by atoms with Crippen LogP contribution < -0.4 is 0 Å². The van der Waals surface area contributed by atoms with Crippen LogP contribution in [-0.4, -0.2) is 18.6 Å². The van der Waals surface area contributed by atoms with E-state index in [1.807, 2.05) is 0 Å². The molecule has 0 radical (unpaired) electrons. The molecule has 0 aliphatic carbocycles. The zero-order valence-corrected chi connectivity index (χ0v) is 9.92. The van der Waals surface area contributed by atoms with Gasteiger partial charge in [-0.05, 0) is 30.3 Å². The number of hydrogen-bond donors (Lipinski definition) is 1. The lowest BCUT2D eigenvalue weighted by Gasteiger charge is -2.00. The molecule has 0 atom stereocenters. The Balaban J connectivity index is 2.52. The second kappa shape index (κ2) is 3.79. The molecule has 0 bridgehead atoms. The van der Waals surface area contributed by atoms with Crippen molar-refractivity contribution in [1.82, 2.24) is 10.2 Å². The monoisotopic (exact) mass is 286 g/mol. The van der Waals surface area contributed by atoms with Crippen molar-refractivity contribution in [3.63, 3.8) is 0 Å². The topological polar surface area (TPSA) is 62.8 Å². The van der Waals surface area contributed by atoms with E-state index in [1.54, 1.807) is 12.1 Å². The zero-order chi connectivity index (χ0) is 10.9. The van der Waals surface area contributed by atoms with Crippen LogP contribution in [0.1, 0.15) is 0 Å². The molecule has 0 saturated heterocycles. The Hall–Kier alpha value is -1.14. The molecule has 1 N–H and O–H groups in total. The summed E-state index contributed by atoms with van der Waals surface area (Å²) in [5.74, 6) is 0. The first-order chi connectivity index (χ1) is 7.10. The predicted molar refractivity (Wildman–Crippen MR) is 58.2 cm³/mol. The lowest BCUT2D eigenvalue weighted by molar-refractivity contribution is 0.592. The van der Waals surface area contributed by atoms with Gasteiger partial charge in [0.1, 0.15) is 0 Å². The van der Waals surface area contributed by atoms with Gasteiger partial charge in [0, 0.05) is 10.7 Å². The van der Waals surface area contributed by atoms with Crippen LogP contribution in [0.3, 0.4) is 0 Å². The van der Waals surface area contributed by atoms with Gasteiger partial charge in [0.15, 0.2) is 5.03 Å². The number of rotatable bonds is 2. The molecule has 0 aliphatic rings. The molecule has 0 fully saturated rings. The molecule has 4 nitrogen and oxygen atoms in total. The number of hydrogen-bond acceptors (Lipinski definition) is 3. The summed E-state index contributed by atoms with van der Waals surface area (Å²) in [4.78, 5) is 0.234. The van der Waals surface area contributed by atoms with Crippen LogP contribution in [0.4, 0.5) is 0 Å². The fraction of sp³-hybridized carbons (Fsp3) is 0. The maximum Gasteiger partial charge on any atom is 0.225 e. The number of benzene rings is 1. The lowest BCUT2D eigenvalue weighted by atomic mass is 10.4. The minimum atomic E-state index is -3.48. The number of aromatic nitrogens is 2. The van der Waals surface area contributed by atoms with Gasteiger partial charge in [-0.3, -0.25) is 5.10 Å². The standard InChI is InChI=1S/C9H7BrN2O2S/c10-7-1-3-8(4-2-7)15(13,14)9-5-6-11-12-9/h1-6H,(H,11,12). The third kappa shape index (κ3) is 1.95. The molecule has 0 spiro atoms. The summed E-state index contributed by atoms with van der Waals surface area (Å²) in [7, 11) is -3.48. The molecule has 1 aromatic carbocycles. The van der Waals surface area contributed by atoms with Gasteiger partial charge in [-0.15, -0.1) is 0 Å². The first kappa shape index (κ1) is 10.4. The number of halogens is 1. The van der Waals surface area contributed by atoms with E-state index in [0.29, 0.717) is 0 Å². The molecule has 15 heavy (non-hydrogen) atoms. The Kier molecular flexibility index (Phi) is 2.62. The Morgan fingerprint density at radius 2 is 1.80 bits per heavy atom. The van der Waals surface area contributed by atoms with Gasteiger partial charge in [0.05, 0.1) is 4.90 Å². The van der Waals surface area contributed by atoms with E-state index < -0.39 is 9.84 Å². The van der Waals surface area contributed by atoms with Gasteiger partial charge in [0.2, 0.25) is 9.84 Å². The molecular weight excluding hydrogens is 280 g/mol. The first-order valence-electron chi connectivity index (χ1n) is 4.11. The second-order valence-electron chi connectivity index (χ2n) is 2.87. The van der Waals surface area contributed by atoms with Crippen LogP contribution in [0.15, 0.2) is 50.9 Å². The highest BCUT2D eigenvalue weighted by atomic mass is 79.9. The summed E-state index contributed by atoms with van der Waals surface area (Å²) in [6, 6.07) is 7.86. The van der Waals surface area contributed by atoms with Crippen LogP contribution in [0.25, 0.3) is 0 Å². The summed E-state index contributed by atoms with van der Waals surface area (Å²) in [5.41, 5.74) is 0. The Morgan fingerprint density at radius 1 is 1.13 bits per heavy atom. The Morgan fingerprint density at radius 3 is 2.33 bits per heavy atom. The molecule has 0 unspecified atom stereocenters. The van der Waals surface area contributed by atoms with Crippen LogP contribution in [0, 0.1) is 0 Å². The number of nitrogens with zero attached hydrogens (tertiary/aromatic N) is 1. The average molecular weight is 287 g/mol. The van der Waals surface area contributed by atoms with Crippen molar-refractivity contribution in [1.29, 1.82) is 0 Å². The molecule has 1 heterocycles. The zero-order valence-electron chi connectivity index (χ0n) is 7.51. The largest absolute Gasteiger partial charge is 0.284 e. The molecule has 78 valence electrons. The molecule has 6 heteroatoms. The highest BCUT2D eigenvalue weighted by Gasteiger charge is 2.19. The van der Waals surface area contributed by atoms with Gasteiger partial charge >= 0.3 is 0 Å². The Bertz CT molecular complexity index is 546. The third-order valence-corrected chi connectivity index (χ3v) is 4.07. The molecular formula is C9H7BrN2O2S. The fourth-order valence-electron chi connectivity index (χ4n) is 1.13. The van der Waals surface area contributed by atoms with E-state index >= 15 is 0 Å². The summed E-state index contributed by atoms with van der Waals surface area (Å²) in [5, 5.41) is 6.17. The fourth-order valence-corrected chi connectivity index (χ4v) is 2.55. The van der Waals surface area contributed by atoms with Crippen molar-refractivity contribution >= 4 is 25.8 Å². The lowest BCUT2D eigenvalue weighted by Crippen LogP contribution is -2.02. The molecule has 1 aromatic heterocycles. The quantitative estimate of drug-likeness (QED) is 0.919. The van der Waals surface area contributed by atoms with Crippen molar-refractivity contribution in [2.75, 3.05) is 0 Å². The smallest absolute Gasteiger partial charge is 0.225 e. The van der Waals surface area contributed by atoms with Crippen molar-refractivity contribution in [3.05, 3.63) is 41.0 Å². The number of H-pyrrole nitrogens is 1. The molecule has 0 amide bonds. The van der Waals surface area contributed by atoms with E-state index in [2.05, 4.69) is 26.1 Å². The first-order valence-corrected chi connectivity index (χ1v) is 6.39. The summed E-state index contributed by atoms with van der Waals surface area (Å²) in [6.45, 7) is 0. The van der Waals surface area contributed by atoms with Gasteiger partial charge in [-0.2, -0.15) is 5.10 Å². The van der Waals surface area contributed by atoms with Crippen molar-refractivity contribution < 1.29 is 8.42 Å². The number of aromatic amines is 1. The van der Waals surface area contributed by atoms with E-state index in [0.717, 1.165) is 4.47 Å². The third-order valence-electron chi connectivity index (χ3n) is 1.87. The van der Waals surface area contributed by atoms with Crippen LogP contribution in [-0.2, 0) is 9.84 Å². The second-order valence-corrected chi connectivity index (χ2v) is 5.68. The molecule has 2 rings (SSSR count). The number of nitrogens with one attached hydrogen (secondary N) is 1. The SMILES string of the molecule is O=S(=O)(c1ccc(Br)cc1)c1cc[nH]n1. The van der Waals surface area contributed by atoms with Gasteiger partial charge in [-0.1, -0.05) is 15.9 Å². The van der Waals surface area contributed by atoms with E-state index in [9.17, 15) is 8.42 Å². The van der Waals surface area contributed by atoms with E-state index in [-0.39, 0.29) is 9.92 Å². The maximum absolute atomic E-state index is 11.9. The van der Waals surface area contributed by atoms with Crippen molar-refractivity contribution in [3.8, 4) is 0 Å². The van der Waals surface area contributed by atoms with Crippen LogP contribution in [0.2, 0.25) is 0 Å². The Labute approximate surface area is 95.4 Å². The molecule has 0 aliphatic heterocycles. The van der Waals surface area contributed by atoms with Crippen molar-refractivity contribution in [2.45, 2.75) is 9.92 Å². The predicted octanol–water partition coefficient (Wildman–Crippen LogP) is 2.00. The molecule has 2 aromatic rings. The average Bonchev–Trinajstić information content (AvgIpc) is 2.71. The van der Waals surface area contributed by atoms with Crippen molar-refractivity contribution in [2.24, 2.45) is 0 Å². The normalized spacial score (nSPS) is 11.5.